The minimum absolute atomic E-state index is 0.127. The van der Waals surface area contributed by atoms with Crippen molar-refractivity contribution in [3.63, 3.8) is 0 Å². The zero-order valence-electron chi connectivity index (χ0n) is 14.3. The molecule has 0 saturated heterocycles. The van der Waals surface area contributed by atoms with Crippen LogP contribution >= 0.6 is 0 Å². The number of nitrogens with zero attached hydrogens (tertiary/aromatic N) is 1. The van der Waals surface area contributed by atoms with Gasteiger partial charge in [0.25, 0.3) is 0 Å². The van der Waals surface area contributed by atoms with Crippen LogP contribution in [0, 0.1) is 0 Å². The molecule has 0 fully saturated rings. The van der Waals surface area contributed by atoms with Gasteiger partial charge in [-0.05, 0) is 31.9 Å². The predicted molar refractivity (Wildman–Crippen MR) is 91.5 cm³/mol. The van der Waals surface area contributed by atoms with Crippen molar-refractivity contribution in [3.8, 4) is 0 Å². The summed E-state index contributed by atoms with van der Waals surface area (Å²) in [4.78, 5) is 15.5. The third kappa shape index (κ3) is 9.60. The zero-order chi connectivity index (χ0) is 16.8. The van der Waals surface area contributed by atoms with Crippen molar-refractivity contribution in [3.05, 3.63) is 24.2 Å². The summed E-state index contributed by atoms with van der Waals surface area (Å²) in [5, 5.41) is 6.54. The van der Waals surface area contributed by atoms with Crippen molar-refractivity contribution >= 4 is 11.9 Å². The summed E-state index contributed by atoms with van der Waals surface area (Å²) in [5.74, 6) is 1.69. The quantitative estimate of drug-likeness (QED) is 0.283. The molecule has 1 aromatic rings. The Morgan fingerprint density at radius 3 is 2.78 bits per heavy atom. The van der Waals surface area contributed by atoms with E-state index in [4.69, 9.17) is 4.42 Å². The molecule has 0 saturated carbocycles. The molecular weight excluding hydrogens is 294 g/mol. The molecule has 0 radical (unpaired) electrons. The second-order valence-electron chi connectivity index (χ2n) is 5.26. The van der Waals surface area contributed by atoms with E-state index in [0.29, 0.717) is 6.42 Å². The molecule has 0 aliphatic rings. The summed E-state index contributed by atoms with van der Waals surface area (Å²) in [6.45, 7) is 4.47. The van der Waals surface area contributed by atoms with Gasteiger partial charge in [-0.25, -0.2) is 0 Å². The topological polar surface area (TPSA) is 75.9 Å². The summed E-state index contributed by atoms with van der Waals surface area (Å²) >= 11 is 0. The van der Waals surface area contributed by atoms with Crippen molar-refractivity contribution in [2.45, 2.75) is 45.4 Å². The molecule has 1 heterocycles. The van der Waals surface area contributed by atoms with E-state index in [0.717, 1.165) is 63.5 Å². The number of rotatable bonds is 11. The van der Waals surface area contributed by atoms with Gasteiger partial charge in [0.15, 0.2) is 5.96 Å². The summed E-state index contributed by atoms with van der Waals surface area (Å²) < 4.78 is 9.92. The first-order valence-electron chi connectivity index (χ1n) is 8.37. The third-order valence-corrected chi connectivity index (χ3v) is 3.37. The molecular formula is C17H29N3O3. The average Bonchev–Trinajstić information content (AvgIpc) is 3.07. The monoisotopic (exact) mass is 323 g/mol. The number of carbonyl (C=O) groups is 1. The van der Waals surface area contributed by atoms with Crippen LogP contribution in [0.2, 0.25) is 0 Å². The molecule has 0 amide bonds. The van der Waals surface area contributed by atoms with Crippen LogP contribution in [-0.2, 0) is 16.0 Å². The summed E-state index contributed by atoms with van der Waals surface area (Å²) in [6, 6.07) is 3.87. The van der Waals surface area contributed by atoms with Gasteiger partial charge in [-0.2, -0.15) is 0 Å². The second kappa shape index (κ2) is 12.6. The average molecular weight is 323 g/mol. The number of carbonyl (C=O) groups excluding carboxylic acids is 1. The van der Waals surface area contributed by atoms with Gasteiger partial charge in [0.2, 0.25) is 0 Å². The van der Waals surface area contributed by atoms with Crippen molar-refractivity contribution < 1.29 is 13.9 Å². The van der Waals surface area contributed by atoms with Crippen LogP contribution in [0.25, 0.3) is 0 Å². The molecule has 0 aliphatic heterocycles. The van der Waals surface area contributed by atoms with Gasteiger partial charge >= 0.3 is 5.97 Å². The molecule has 1 rings (SSSR count). The molecule has 1 aromatic heterocycles. The maximum atomic E-state index is 11.0. The molecule has 0 aromatic carbocycles. The van der Waals surface area contributed by atoms with Gasteiger partial charge in [0.05, 0.1) is 13.4 Å². The van der Waals surface area contributed by atoms with Crippen LogP contribution in [0.5, 0.6) is 0 Å². The van der Waals surface area contributed by atoms with Crippen LogP contribution in [-0.4, -0.2) is 38.7 Å². The van der Waals surface area contributed by atoms with Crippen molar-refractivity contribution in [2.75, 3.05) is 26.7 Å². The number of aliphatic imine (C=N–C) groups is 1. The van der Waals surface area contributed by atoms with Crippen LogP contribution in [0.15, 0.2) is 27.8 Å². The zero-order valence-corrected chi connectivity index (χ0v) is 14.3. The van der Waals surface area contributed by atoms with Gasteiger partial charge in [-0.1, -0.05) is 12.8 Å². The molecule has 2 N–H and O–H groups in total. The van der Waals surface area contributed by atoms with Crippen molar-refractivity contribution in [1.82, 2.24) is 10.6 Å². The predicted octanol–water partition coefficient (Wildman–Crippen LogP) is 2.50. The van der Waals surface area contributed by atoms with Crippen molar-refractivity contribution in [1.29, 1.82) is 0 Å². The Balaban J connectivity index is 2.12. The summed E-state index contributed by atoms with van der Waals surface area (Å²) in [7, 11) is 1.43. The maximum absolute atomic E-state index is 11.0. The van der Waals surface area contributed by atoms with E-state index in [9.17, 15) is 4.79 Å². The lowest BCUT2D eigenvalue weighted by Crippen LogP contribution is -2.38. The lowest BCUT2D eigenvalue weighted by molar-refractivity contribution is -0.140. The minimum Gasteiger partial charge on any atom is -0.469 e. The third-order valence-electron chi connectivity index (χ3n) is 3.37. The van der Waals surface area contributed by atoms with Gasteiger partial charge in [0.1, 0.15) is 5.76 Å². The highest BCUT2D eigenvalue weighted by Crippen LogP contribution is 2.04. The van der Waals surface area contributed by atoms with E-state index >= 15 is 0 Å². The Morgan fingerprint density at radius 1 is 1.26 bits per heavy atom. The highest BCUT2D eigenvalue weighted by Gasteiger charge is 2.00. The fourth-order valence-electron chi connectivity index (χ4n) is 2.13. The van der Waals surface area contributed by atoms with Gasteiger partial charge in [-0.3, -0.25) is 9.79 Å². The van der Waals surface area contributed by atoms with E-state index in [-0.39, 0.29) is 5.97 Å². The maximum Gasteiger partial charge on any atom is 0.305 e. The molecule has 0 unspecified atom stereocenters. The first kappa shape index (κ1) is 19.1. The number of furan rings is 1. The number of nitrogens with one attached hydrogen (secondary N) is 2. The van der Waals surface area contributed by atoms with E-state index in [1.807, 2.05) is 12.1 Å². The largest absolute Gasteiger partial charge is 0.469 e. The second-order valence-corrected chi connectivity index (χ2v) is 5.26. The standard InChI is InChI=1S/C17H29N3O3/c1-3-18-17(20-13-11-15-9-8-14-23-15)19-12-7-5-4-6-10-16(21)22-2/h8-9,14H,3-7,10-13H2,1-2H3,(H2,18,19,20). The number of ether oxygens (including phenoxy) is 1. The highest BCUT2D eigenvalue weighted by atomic mass is 16.5. The number of guanidine groups is 1. The lowest BCUT2D eigenvalue weighted by atomic mass is 10.1. The SMILES string of the molecule is CCNC(=NCCCCCCC(=O)OC)NCCc1ccco1. The van der Waals surface area contributed by atoms with Crippen LogP contribution in [0.4, 0.5) is 0 Å². The Bertz CT molecular complexity index is 444. The Hall–Kier alpha value is -1.98. The van der Waals surface area contributed by atoms with Crippen molar-refractivity contribution in [2.24, 2.45) is 4.99 Å². The summed E-state index contributed by atoms with van der Waals surface area (Å²) in [6.07, 6.45) is 7.06. The minimum atomic E-state index is -0.127. The van der Waals surface area contributed by atoms with E-state index in [1.54, 1.807) is 6.26 Å². The molecule has 23 heavy (non-hydrogen) atoms. The van der Waals surface area contributed by atoms with Crippen LogP contribution in [0.1, 0.15) is 44.8 Å². The van der Waals surface area contributed by atoms with Gasteiger partial charge in [0, 0.05) is 32.5 Å². The molecule has 0 spiro atoms. The van der Waals surface area contributed by atoms with Gasteiger partial charge in [-0.15, -0.1) is 0 Å². The molecule has 0 aliphatic carbocycles. The Morgan fingerprint density at radius 2 is 2.09 bits per heavy atom. The highest BCUT2D eigenvalue weighted by molar-refractivity contribution is 5.79. The number of hydrogen-bond donors (Lipinski definition) is 2. The van der Waals surface area contributed by atoms with Gasteiger partial charge < -0.3 is 19.8 Å². The number of hydrogen-bond acceptors (Lipinski definition) is 4. The van der Waals surface area contributed by atoms with E-state index < -0.39 is 0 Å². The first-order chi connectivity index (χ1) is 11.3. The van der Waals surface area contributed by atoms with Crippen LogP contribution < -0.4 is 10.6 Å². The molecule has 6 nitrogen and oxygen atoms in total. The molecule has 130 valence electrons. The normalized spacial score (nSPS) is 11.3. The lowest BCUT2D eigenvalue weighted by Gasteiger charge is -2.10. The molecule has 0 bridgehead atoms. The van der Waals surface area contributed by atoms with Crippen LogP contribution in [0.3, 0.4) is 0 Å². The smallest absolute Gasteiger partial charge is 0.305 e. The number of methoxy groups -OCH3 is 1. The first-order valence-corrected chi connectivity index (χ1v) is 8.37. The number of unbranched alkanes of at least 4 members (excludes halogenated alkanes) is 3. The van der Waals surface area contributed by atoms with E-state index in [2.05, 4.69) is 27.3 Å². The fraction of sp³-hybridized carbons (Fsp3) is 0.647. The number of esters is 1. The summed E-state index contributed by atoms with van der Waals surface area (Å²) in [5.41, 5.74) is 0. The Kier molecular flexibility index (Phi) is 10.4. The van der Waals surface area contributed by atoms with E-state index in [1.165, 1.54) is 7.11 Å². The molecule has 0 atom stereocenters. The fourth-order valence-corrected chi connectivity index (χ4v) is 2.13. The molecule has 6 heteroatoms. The Labute approximate surface area is 138 Å².